The molecule has 0 bridgehead atoms. The van der Waals surface area contributed by atoms with Crippen LogP contribution >= 0.6 is 24.8 Å². The minimum absolute atomic E-state index is 0. The van der Waals surface area contributed by atoms with Gasteiger partial charge in [-0.25, -0.2) is 0 Å². The predicted molar refractivity (Wildman–Crippen MR) is 91.7 cm³/mol. The summed E-state index contributed by atoms with van der Waals surface area (Å²) in [5.41, 5.74) is -0.760. The maximum Gasteiger partial charge on any atom is 0.258 e. The number of nitrogens with zero attached hydrogens (tertiary/aromatic N) is 3. The normalized spacial score (nSPS) is 27.8. The van der Waals surface area contributed by atoms with E-state index >= 15 is 0 Å². The molecule has 4 saturated heterocycles. The summed E-state index contributed by atoms with van der Waals surface area (Å²) < 4.78 is 0. The third-order valence-electron chi connectivity index (χ3n) is 5.67. The molecule has 23 heavy (non-hydrogen) atoms. The second kappa shape index (κ2) is 7.13. The first-order chi connectivity index (χ1) is 10.2. The molecular formula is C15H26Cl2N4O2. The van der Waals surface area contributed by atoms with Gasteiger partial charge in [-0.2, -0.15) is 0 Å². The number of hydrogen-bond acceptors (Lipinski definition) is 4. The Morgan fingerprint density at radius 2 is 1.52 bits per heavy atom. The average Bonchev–Trinajstić information content (AvgIpc) is 3.09. The molecule has 0 atom stereocenters. The molecule has 0 saturated carbocycles. The van der Waals surface area contributed by atoms with Gasteiger partial charge in [-0.15, -0.1) is 24.8 Å². The van der Waals surface area contributed by atoms with Crippen molar-refractivity contribution < 1.29 is 9.59 Å². The fourth-order valence-corrected chi connectivity index (χ4v) is 4.54. The lowest BCUT2D eigenvalue weighted by molar-refractivity contribution is -0.143. The van der Waals surface area contributed by atoms with E-state index < -0.39 is 5.41 Å². The number of carbonyl (C=O) groups excluding carboxylic acids is 2. The van der Waals surface area contributed by atoms with Gasteiger partial charge in [0.05, 0.1) is 0 Å². The second-order valence-electron chi connectivity index (χ2n) is 6.85. The van der Waals surface area contributed by atoms with Gasteiger partial charge in [0, 0.05) is 25.7 Å². The number of nitrogens with one attached hydrogen (secondary N) is 1. The molecule has 0 aromatic carbocycles. The summed E-state index contributed by atoms with van der Waals surface area (Å²) in [5.74, 6) is 0.146. The molecule has 8 heteroatoms. The highest BCUT2D eigenvalue weighted by atomic mass is 35.5. The topological polar surface area (TPSA) is 55.9 Å². The van der Waals surface area contributed by atoms with Crippen LogP contribution in [0.3, 0.4) is 0 Å². The maximum absolute atomic E-state index is 12.8. The van der Waals surface area contributed by atoms with Gasteiger partial charge in [-0.05, 0) is 51.7 Å². The Balaban J connectivity index is 0.000000960. The SMILES string of the molecule is Cl.Cl.O=C1N2CCCN2C(=O)C12CCCN(C1CCNCC1)C2. The number of rotatable bonds is 1. The lowest BCUT2D eigenvalue weighted by atomic mass is 9.78. The van der Waals surface area contributed by atoms with Crippen LogP contribution < -0.4 is 5.32 Å². The van der Waals surface area contributed by atoms with E-state index in [1.807, 2.05) is 0 Å². The number of fused-ring (bicyclic) bond motifs is 1. The summed E-state index contributed by atoms with van der Waals surface area (Å²) in [6, 6.07) is 0.537. The summed E-state index contributed by atoms with van der Waals surface area (Å²) in [7, 11) is 0. The third-order valence-corrected chi connectivity index (χ3v) is 5.67. The molecule has 4 aliphatic heterocycles. The molecule has 4 aliphatic rings. The summed E-state index contributed by atoms with van der Waals surface area (Å²) >= 11 is 0. The van der Waals surface area contributed by atoms with Crippen molar-refractivity contribution >= 4 is 36.6 Å². The quantitative estimate of drug-likeness (QED) is 0.694. The molecule has 0 aromatic heterocycles. The second-order valence-corrected chi connectivity index (χ2v) is 6.85. The smallest absolute Gasteiger partial charge is 0.258 e. The van der Waals surface area contributed by atoms with Crippen LogP contribution in [0.25, 0.3) is 0 Å². The van der Waals surface area contributed by atoms with Crippen LogP contribution in [0.4, 0.5) is 0 Å². The molecule has 1 spiro atoms. The van der Waals surface area contributed by atoms with E-state index in [0.717, 1.165) is 64.8 Å². The monoisotopic (exact) mass is 364 g/mol. The average molecular weight is 365 g/mol. The van der Waals surface area contributed by atoms with Crippen molar-refractivity contribution in [3.05, 3.63) is 0 Å². The Morgan fingerprint density at radius 1 is 0.913 bits per heavy atom. The molecule has 2 amide bonds. The van der Waals surface area contributed by atoms with Gasteiger partial charge < -0.3 is 5.32 Å². The minimum atomic E-state index is -0.760. The third kappa shape index (κ3) is 2.84. The van der Waals surface area contributed by atoms with Crippen LogP contribution in [-0.2, 0) is 9.59 Å². The zero-order valence-corrected chi connectivity index (χ0v) is 15.0. The Morgan fingerprint density at radius 3 is 2.13 bits per heavy atom. The molecule has 4 rings (SSSR count). The van der Waals surface area contributed by atoms with Gasteiger partial charge in [0.2, 0.25) is 0 Å². The number of piperidine rings is 2. The van der Waals surface area contributed by atoms with Crippen molar-refractivity contribution in [2.75, 3.05) is 39.3 Å². The van der Waals surface area contributed by atoms with Crippen LogP contribution in [-0.4, -0.2) is 72.0 Å². The van der Waals surface area contributed by atoms with Crippen molar-refractivity contribution in [3.63, 3.8) is 0 Å². The summed E-state index contributed by atoms with van der Waals surface area (Å²) in [4.78, 5) is 28.1. The first-order valence-corrected chi connectivity index (χ1v) is 8.31. The van der Waals surface area contributed by atoms with E-state index in [4.69, 9.17) is 0 Å². The number of amides is 2. The van der Waals surface area contributed by atoms with Crippen molar-refractivity contribution in [1.29, 1.82) is 0 Å². The van der Waals surface area contributed by atoms with E-state index in [1.165, 1.54) is 0 Å². The zero-order chi connectivity index (χ0) is 14.4. The standard InChI is InChI=1S/C15H24N4O2.2ClH/c20-13-15(14(21)19-10-2-9-18(13)19)5-1-8-17(11-15)12-3-6-16-7-4-12;;/h12,16H,1-11H2;2*1H. The molecule has 132 valence electrons. The molecule has 0 unspecified atom stereocenters. The van der Waals surface area contributed by atoms with Gasteiger partial charge in [-0.1, -0.05) is 0 Å². The van der Waals surface area contributed by atoms with Crippen molar-refractivity contribution in [1.82, 2.24) is 20.2 Å². The van der Waals surface area contributed by atoms with Gasteiger partial charge in [0.1, 0.15) is 5.41 Å². The molecule has 4 fully saturated rings. The first-order valence-electron chi connectivity index (χ1n) is 8.31. The Hall–Kier alpha value is -0.560. The molecular weight excluding hydrogens is 339 g/mol. The predicted octanol–water partition coefficient (Wildman–Crippen LogP) is 0.654. The summed E-state index contributed by atoms with van der Waals surface area (Å²) in [6.07, 6.45) is 4.88. The zero-order valence-electron chi connectivity index (χ0n) is 13.3. The van der Waals surface area contributed by atoms with E-state index in [-0.39, 0.29) is 36.6 Å². The molecule has 6 nitrogen and oxygen atoms in total. The molecule has 4 heterocycles. The van der Waals surface area contributed by atoms with E-state index in [9.17, 15) is 9.59 Å². The molecule has 1 N–H and O–H groups in total. The van der Waals surface area contributed by atoms with E-state index in [0.29, 0.717) is 12.6 Å². The number of carbonyl (C=O) groups is 2. The Labute approximate surface area is 149 Å². The van der Waals surface area contributed by atoms with Gasteiger partial charge >= 0.3 is 0 Å². The van der Waals surface area contributed by atoms with Gasteiger partial charge in [-0.3, -0.25) is 24.5 Å². The highest BCUT2D eigenvalue weighted by Gasteiger charge is 2.60. The van der Waals surface area contributed by atoms with Crippen LogP contribution in [0.2, 0.25) is 0 Å². The lowest BCUT2D eigenvalue weighted by Crippen LogP contribution is -2.55. The molecule has 0 aliphatic carbocycles. The van der Waals surface area contributed by atoms with E-state index in [1.54, 1.807) is 10.0 Å². The Bertz CT molecular complexity index is 448. The lowest BCUT2D eigenvalue weighted by Gasteiger charge is -2.42. The number of halogens is 2. The number of likely N-dealkylation sites (tertiary alicyclic amines) is 1. The van der Waals surface area contributed by atoms with Crippen molar-refractivity contribution in [2.24, 2.45) is 5.41 Å². The van der Waals surface area contributed by atoms with Crippen LogP contribution in [0.5, 0.6) is 0 Å². The fraction of sp³-hybridized carbons (Fsp3) is 0.867. The van der Waals surface area contributed by atoms with Crippen molar-refractivity contribution in [2.45, 2.75) is 38.1 Å². The van der Waals surface area contributed by atoms with Gasteiger partial charge in [0.15, 0.2) is 0 Å². The van der Waals surface area contributed by atoms with E-state index in [2.05, 4.69) is 10.2 Å². The van der Waals surface area contributed by atoms with Crippen LogP contribution in [0.1, 0.15) is 32.1 Å². The summed E-state index contributed by atoms with van der Waals surface area (Å²) in [5, 5.41) is 6.82. The highest BCUT2D eigenvalue weighted by Crippen LogP contribution is 2.42. The maximum atomic E-state index is 12.8. The summed E-state index contributed by atoms with van der Waals surface area (Å²) in [6.45, 7) is 5.22. The Kier molecular flexibility index (Phi) is 5.82. The first kappa shape index (κ1) is 18.8. The molecule has 0 radical (unpaired) electrons. The van der Waals surface area contributed by atoms with Crippen LogP contribution in [0, 0.1) is 5.41 Å². The minimum Gasteiger partial charge on any atom is -0.317 e. The fourth-order valence-electron chi connectivity index (χ4n) is 4.54. The van der Waals surface area contributed by atoms with Crippen LogP contribution in [0.15, 0.2) is 0 Å². The van der Waals surface area contributed by atoms with Crippen molar-refractivity contribution in [3.8, 4) is 0 Å². The number of hydrogen-bond donors (Lipinski definition) is 1. The van der Waals surface area contributed by atoms with Gasteiger partial charge in [0.25, 0.3) is 11.8 Å². The number of hydrazine groups is 1. The largest absolute Gasteiger partial charge is 0.317 e. The molecule has 0 aromatic rings. The highest BCUT2D eigenvalue weighted by molar-refractivity contribution is 6.10.